The number of halogens is 1. The minimum Gasteiger partial charge on any atom is -0.497 e. The van der Waals surface area contributed by atoms with Gasteiger partial charge in [-0.05, 0) is 54.3 Å². The topological polar surface area (TPSA) is 29.5 Å². The molecule has 1 N–H and O–H groups in total. The van der Waals surface area contributed by atoms with Gasteiger partial charge in [0.15, 0.2) is 0 Å². The number of benzene rings is 2. The fourth-order valence-corrected chi connectivity index (χ4v) is 5.61. The van der Waals surface area contributed by atoms with Gasteiger partial charge in [0, 0.05) is 22.0 Å². The van der Waals surface area contributed by atoms with Crippen LogP contribution in [0.1, 0.15) is 56.6 Å². The molecule has 0 spiro atoms. The molecule has 1 heterocycles. The molecule has 2 aromatic carbocycles. The summed E-state index contributed by atoms with van der Waals surface area (Å²) in [7, 11) is 1.66. The number of hydrogen-bond donors (Lipinski definition) is 1. The summed E-state index contributed by atoms with van der Waals surface area (Å²) in [4.78, 5) is 1.18. The van der Waals surface area contributed by atoms with Gasteiger partial charge in [-0.2, -0.15) is 0 Å². The maximum absolute atomic E-state index is 13.5. The Morgan fingerprint density at radius 3 is 2.56 bits per heavy atom. The Labute approximate surface area is 166 Å². The average molecular weight is 389 g/mol. The summed E-state index contributed by atoms with van der Waals surface area (Å²) in [5.74, 6) is 1.23. The summed E-state index contributed by atoms with van der Waals surface area (Å²) >= 11 is 1.83. The van der Waals surface area contributed by atoms with E-state index in [9.17, 15) is 9.50 Å². The Hall–Kier alpha value is -1.52. The van der Waals surface area contributed by atoms with Crippen LogP contribution in [-0.2, 0) is 0 Å². The Morgan fingerprint density at radius 2 is 1.93 bits per heavy atom. The molecule has 0 fully saturated rings. The molecule has 146 valence electrons. The lowest BCUT2D eigenvalue weighted by Gasteiger charge is -2.39. The summed E-state index contributed by atoms with van der Waals surface area (Å²) in [5.41, 5.74) is 1.87. The van der Waals surface area contributed by atoms with Gasteiger partial charge >= 0.3 is 0 Å². The molecule has 0 amide bonds. The summed E-state index contributed by atoms with van der Waals surface area (Å²) in [6.45, 7) is 4.37. The minimum atomic E-state index is -0.527. The fraction of sp³-hybridized carbons (Fsp3) is 0.478. The molecule has 0 saturated heterocycles. The standard InChI is InChI=1S/C23H29FO2S/c1-4-6-13-23(5-2)15-27-20-12-11-18(26-3)14-19(20)21(22(23)25)16-7-9-17(24)10-8-16/h7-12,14,21-22,25H,4-6,13,15H2,1-3H3/t21-,22-,23-/m1/s1. The van der Waals surface area contributed by atoms with E-state index >= 15 is 0 Å². The van der Waals surface area contributed by atoms with Crippen molar-refractivity contribution in [3.63, 3.8) is 0 Å². The molecule has 4 heteroatoms. The van der Waals surface area contributed by atoms with Gasteiger partial charge in [-0.1, -0.05) is 38.8 Å². The second-order valence-corrected chi connectivity index (χ2v) is 8.50. The van der Waals surface area contributed by atoms with Crippen molar-refractivity contribution in [2.24, 2.45) is 5.41 Å². The number of aliphatic hydroxyl groups is 1. The third-order valence-corrected chi connectivity index (χ3v) is 7.37. The van der Waals surface area contributed by atoms with E-state index in [1.165, 1.54) is 17.0 Å². The Kier molecular flexibility index (Phi) is 6.48. The molecule has 2 aromatic rings. The summed E-state index contributed by atoms with van der Waals surface area (Å²) < 4.78 is 19.0. The molecule has 3 atom stereocenters. The molecular formula is C23H29FO2S. The third kappa shape index (κ3) is 4.02. The first-order valence-corrected chi connectivity index (χ1v) is 10.8. The van der Waals surface area contributed by atoms with Crippen molar-refractivity contribution in [3.8, 4) is 5.75 Å². The van der Waals surface area contributed by atoms with Gasteiger partial charge in [0.25, 0.3) is 0 Å². The van der Waals surface area contributed by atoms with Crippen molar-refractivity contribution in [1.82, 2.24) is 0 Å². The quantitative estimate of drug-likeness (QED) is 0.656. The zero-order valence-electron chi connectivity index (χ0n) is 16.4. The van der Waals surface area contributed by atoms with Crippen molar-refractivity contribution in [3.05, 3.63) is 59.4 Å². The van der Waals surface area contributed by atoms with E-state index < -0.39 is 6.10 Å². The maximum atomic E-state index is 13.5. The number of fused-ring (bicyclic) bond motifs is 1. The van der Waals surface area contributed by atoms with Crippen molar-refractivity contribution >= 4 is 11.8 Å². The number of methoxy groups -OCH3 is 1. The van der Waals surface area contributed by atoms with E-state index in [2.05, 4.69) is 19.9 Å². The normalized spacial score (nSPS) is 24.9. The highest BCUT2D eigenvalue weighted by atomic mass is 32.2. The Balaban J connectivity index is 2.14. The molecule has 0 aliphatic carbocycles. The van der Waals surface area contributed by atoms with E-state index in [0.29, 0.717) is 0 Å². The third-order valence-electron chi connectivity index (χ3n) is 5.97. The lowest BCUT2D eigenvalue weighted by atomic mass is 9.69. The van der Waals surface area contributed by atoms with Crippen LogP contribution in [0.15, 0.2) is 47.4 Å². The molecule has 3 rings (SSSR count). The number of rotatable bonds is 6. The smallest absolute Gasteiger partial charge is 0.123 e. The van der Waals surface area contributed by atoms with Crippen LogP contribution in [0.5, 0.6) is 5.75 Å². The summed E-state index contributed by atoms with van der Waals surface area (Å²) in [6, 6.07) is 12.7. The van der Waals surface area contributed by atoms with Crippen LogP contribution < -0.4 is 4.74 Å². The van der Waals surface area contributed by atoms with E-state index in [-0.39, 0.29) is 17.2 Å². The van der Waals surface area contributed by atoms with E-state index in [0.717, 1.165) is 48.3 Å². The van der Waals surface area contributed by atoms with Crippen LogP contribution >= 0.6 is 11.8 Å². The second kappa shape index (κ2) is 8.66. The lowest BCUT2D eigenvalue weighted by molar-refractivity contribution is 0.0182. The molecular weight excluding hydrogens is 359 g/mol. The molecule has 2 nitrogen and oxygen atoms in total. The number of unbranched alkanes of at least 4 members (excludes halogenated alkanes) is 1. The van der Waals surface area contributed by atoms with Crippen molar-refractivity contribution in [2.45, 2.75) is 56.4 Å². The van der Waals surface area contributed by atoms with E-state index in [1.54, 1.807) is 7.11 Å². The largest absolute Gasteiger partial charge is 0.497 e. The van der Waals surface area contributed by atoms with Crippen LogP contribution in [-0.4, -0.2) is 24.1 Å². The van der Waals surface area contributed by atoms with E-state index in [1.807, 2.05) is 36.0 Å². The van der Waals surface area contributed by atoms with Crippen LogP contribution in [0.4, 0.5) is 4.39 Å². The van der Waals surface area contributed by atoms with Crippen LogP contribution in [0.25, 0.3) is 0 Å². The number of ether oxygens (including phenoxy) is 1. The Morgan fingerprint density at radius 1 is 1.19 bits per heavy atom. The SMILES string of the molecule is CCCC[C@]1(CC)CSc2ccc(OC)cc2[C@@H](c2ccc(F)cc2)[C@H]1O. The minimum absolute atomic E-state index is 0.161. The van der Waals surface area contributed by atoms with Gasteiger partial charge in [-0.15, -0.1) is 11.8 Å². The van der Waals surface area contributed by atoms with Gasteiger partial charge in [-0.25, -0.2) is 4.39 Å². The first kappa shape index (κ1) is 20.2. The van der Waals surface area contributed by atoms with Crippen molar-refractivity contribution in [2.75, 3.05) is 12.9 Å². The van der Waals surface area contributed by atoms with Gasteiger partial charge in [0.05, 0.1) is 13.2 Å². The van der Waals surface area contributed by atoms with Crippen LogP contribution in [0, 0.1) is 11.2 Å². The fourth-order valence-electron chi connectivity index (χ4n) is 4.13. The molecule has 27 heavy (non-hydrogen) atoms. The van der Waals surface area contributed by atoms with Crippen LogP contribution in [0.3, 0.4) is 0 Å². The molecule has 0 radical (unpaired) electrons. The average Bonchev–Trinajstić information content (AvgIpc) is 2.81. The predicted molar refractivity (Wildman–Crippen MR) is 110 cm³/mol. The highest BCUT2D eigenvalue weighted by molar-refractivity contribution is 7.99. The van der Waals surface area contributed by atoms with Gasteiger partial charge in [0.2, 0.25) is 0 Å². The highest BCUT2D eigenvalue weighted by Gasteiger charge is 2.44. The van der Waals surface area contributed by atoms with Crippen LogP contribution in [0.2, 0.25) is 0 Å². The first-order chi connectivity index (χ1) is 13.0. The first-order valence-electron chi connectivity index (χ1n) is 9.79. The molecule has 0 aromatic heterocycles. The highest BCUT2D eigenvalue weighted by Crippen LogP contribution is 2.51. The molecule has 1 aliphatic rings. The Bertz CT molecular complexity index is 761. The molecule has 0 saturated carbocycles. The molecule has 0 bridgehead atoms. The second-order valence-electron chi connectivity index (χ2n) is 7.49. The van der Waals surface area contributed by atoms with Crippen molar-refractivity contribution < 1.29 is 14.2 Å². The monoisotopic (exact) mass is 388 g/mol. The summed E-state index contributed by atoms with van der Waals surface area (Å²) in [5, 5.41) is 11.7. The predicted octanol–water partition coefficient (Wildman–Crippen LogP) is 6.02. The molecule has 1 aliphatic heterocycles. The van der Waals surface area contributed by atoms with Gasteiger partial charge in [-0.3, -0.25) is 0 Å². The summed E-state index contributed by atoms with van der Waals surface area (Å²) in [6.07, 6.45) is 3.60. The van der Waals surface area contributed by atoms with E-state index in [4.69, 9.17) is 4.74 Å². The van der Waals surface area contributed by atoms with Gasteiger partial charge < -0.3 is 9.84 Å². The van der Waals surface area contributed by atoms with Gasteiger partial charge in [0.1, 0.15) is 11.6 Å². The number of thioether (sulfide) groups is 1. The lowest BCUT2D eigenvalue weighted by Crippen LogP contribution is -2.40. The number of hydrogen-bond acceptors (Lipinski definition) is 3. The zero-order valence-corrected chi connectivity index (χ0v) is 17.2. The maximum Gasteiger partial charge on any atom is 0.123 e. The zero-order chi connectivity index (χ0) is 19.4. The number of aliphatic hydroxyl groups excluding tert-OH is 1. The molecule has 0 unspecified atom stereocenters. The van der Waals surface area contributed by atoms with Crippen molar-refractivity contribution in [1.29, 1.82) is 0 Å².